The molecular weight excluding hydrogens is 462 g/mol. The van der Waals surface area contributed by atoms with Gasteiger partial charge in [0.2, 0.25) is 5.43 Å². The minimum Gasteiger partial charge on any atom is -0.345 e. The summed E-state index contributed by atoms with van der Waals surface area (Å²) < 4.78 is 30.7. The van der Waals surface area contributed by atoms with Crippen LogP contribution in [0.15, 0.2) is 82.5 Å². The predicted octanol–water partition coefficient (Wildman–Crippen LogP) is 4.45. The molecule has 1 aromatic heterocycles. The molecule has 8 heteroatoms. The number of nitrogens with zero attached hydrogens (tertiary/aromatic N) is 1. The van der Waals surface area contributed by atoms with Gasteiger partial charge in [0.05, 0.1) is 16.5 Å². The number of nitrogens with one attached hydrogen (secondary N) is 2. The zero-order valence-corrected chi connectivity index (χ0v) is 20.8. The van der Waals surface area contributed by atoms with Gasteiger partial charge in [-0.25, -0.2) is 8.42 Å². The third kappa shape index (κ3) is 4.70. The van der Waals surface area contributed by atoms with Crippen LogP contribution in [0.2, 0.25) is 0 Å². The number of rotatable bonds is 6. The molecule has 0 unspecified atom stereocenters. The molecule has 0 spiro atoms. The first-order valence-corrected chi connectivity index (χ1v) is 12.7. The number of sulfonamides is 1. The molecular formula is C27H27N3O4S. The molecule has 0 radical (unpaired) electrons. The van der Waals surface area contributed by atoms with Crippen molar-refractivity contribution in [2.24, 2.45) is 7.05 Å². The first-order chi connectivity index (χ1) is 16.6. The maximum Gasteiger partial charge on any atom is 0.263 e. The molecule has 3 aromatic carbocycles. The van der Waals surface area contributed by atoms with Crippen molar-refractivity contribution in [2.45, 2.75) is 31.7 Å². The highest BCUT2D eigenvalue weighted by Crippen LogP contribution is 2.24. The number of para-hydroxylation sites is 1. The Bertz CT molecular complexity index is 1590. The summed E-state index contributed by atoms with van der Waals surface area (Å²) in [7, 11) is -2.46. The summed E-state index contributed by atoms with van der Waals surface area (Å²) in [5.41, 5.74) is 2.32. The molecule has 1 heterocycles. The van der Waals surface area contributed by atoms with Gasteiger partial charge in [-0.3, -0.25) is 14.3 Å². The van der Waals surface area contributed by atoms with Crippen molar-refractivity contribution in [3.05, 3.63) is 105 Å². The molecule has 0 aliphatic heterocycles. The van der Waals surface area contributed by atoms with E-state index >= 15 is 0 Å². The minimum absolute atomic E-state index is 0.0465. The van der Waals surface area contributed by atoms with E-state index in [1.54, 1.807) is 50.4 Å². The van der Waals surface area contributed by atoms with E-state index in [-0.39, 0.29) is 16.3 Å². The highest BCUT2D eigenvalue weighted by molar-refractivity contribution is 7.92. The Hall–Kier alpha value is -3.91. The van der Waals surface area contributed by atoms with E-state index in [4.69, 9.17) is 0 Å². The van der Waals surface area contributed by atoms with Gasteiger partial charge in [-0.15, -0.1) is 0 Å². The first kappa shape index (κ1) is 24.2. The van der Waals surface area contributed by atoms with Gasteiger partial charge in [-0.2, -0.15) is 0 Å². The van der Waals surface area contributed by atoms with Crippen molar-refractivity contribution in [3.8, 4) is 0 Å². The minimum atomic E-state index is -4.09. The molecule has 180 valence electrons. The number of anilines is 1. The molecule has 2 N–H and O–H groups in total. The van der Waals surface area contributed by atoms with E-state index in [0.29, 0.717) is 10.9 Å². The van der Waals surface area contributed by atoms with Crippen LogP contribution in [-0.4, -0.2) is 18.9 Å². The number of pyridine rings is 1. The molecule has 0 aliphatic rings. The van der Waals surface area contributed by atoms with E-state index in [1.165, 1.54) is 10.6 Å². The normalized spacial score (nSPS) is 12.3. The summed E-state index contributed by atoms with van der Waals surface area (Å²) in [6.07, 6.45) is 0. The number of aromatic nitrogens is 1. The van der Waals surface area contributed by atoms with E-state index < -0.39 is 27.4 Å². The lowest BCUT2D eigenvalue weighted by Crippen LogP contribution is -2.34. The smallest absolute Gasteiger partial charge is 0.263 e. The van der Waals surface area contributed by atoms with Gasteiger partial charge < -0.3 is 9.88 Å². The van der Waals surface area contributed by atoms with E-state index in [2.05, 4.69) is 10.0 Å². The summed E-state index contributed by atoms with van der Waals surface area (Å²) in [4.78, 5) is 26.9. The van der Waals surface area contributed by atoms with Gasteiger partial charge in [0.15, 0.2) is 0 Å². The largest absolute Gasteiger partial charge is 0.345 e. The maximum atomic E-state index is 13.5. The molecule has 35 heavy (non-hydrogen) atoms. The fourth-order valence-electron chi connectivity index (χ4n) is 3.98. The van der Waals surface area contributed by atoms with Crippen LogP contribution in [0.4, 0.5) is 5.82 Å². The molecule has 7 nitrogen and oxygen atoms in total. The predicted molar refractivity (Wildman–Crippen MR) is 138 cm³/mol. The average molecular weight is 490 g/mol. The molecule has 0 bridgehead atoms. The molecule has 0 saturated carbocycles. The first-order valence-electron chi connectivity index (χ1n) is 11.2. The van der Waals surface area contributed by atoms with E-state index in [0.717, 1.165) is 16.7 Å². The average Bonchev–Trinajstić information content (AvgIpc) is 2.84. The fourth-order valence-corrected chi connectivity index (χ4v) is 5.17. The summed E-state index contributed by atoms with van der Waals surface area (Å²) in [5, 5.41) is 3.16. The molecule has 0 saturated heterocycles. The van der Waals surface area contributed by atoms with Crippen LogP contribution in [0.3, 0.4) is 0 Å². The van der Waals surface area contributed by atoms with Crippen LogP contribution in [0.25, 0.3) is 10.9 Å². The number of benzene rings is 3. The SMILES string of the molecule is Cc1ccc(S(=O)(=O)Nc2c(C(=O)N[C@@H](C)c3ccccc3)c(=O)c3ccccc3n2C)cc1C. The van der Waals surface area contributed by atoms with Gasteiger partial charge >= 0.3 is 0 Å². The number of hydrogen-bond acceptors (Lipinski definition) is 4. The third-order valence-electron chi connectivity index (χ3n) is 6.20. The van der Waals surface area contributed by atoms with Crippen LogP contribution >= 0.6 is 0 Å². The van der Waals surface area contributed by atoms with Gasteiger partial charge in [0.25, 0.3) is 15.9 Å². The number of hydrogen-bond donors (Lipinski definition) is 2. The zero-order chi connectivity index (χ0) is 25.3. The summed E-state index contributed by atoms with van der Waals surface area (Å²) >= 11 is 0. The van der Waals surface area contributed by atoms with Crippen molar-refractivity contribution >= 4 is 32.7 Å². The number of aryl methyl sites for hydroxylation is 3. The van der Waals surface area contributed by atoms with E-state index in [1.807, 2.05) is 44.2 Å². The quantitative estimate of drug-likeness (QED) is 0.418. The monoisotopic (exact) mass is 489 g/mol. The Morgan fingerprint density at radius 2 is 1.57 bits per heavy atom. The second-order valence-electron chi connectivity index (χ2n) is 8.59. The second kappa shape index (κ2) is 9.38. The Balaban J connectivity index is 1.85. The van der Waals surface area contributed by atoms with E-state index in [9.17, 15) is 18.0 Å². The second-order valence-corrected chi connectivity index (χ2v) is 10.3. The molecule has 1 atom stereocenters. The summed E-state index contributed by atoms with van der Waals surface area (Å²) in [6, 6.07) is 20.5. The standard InChI is InChI=1S/C27H27N3O4S/c1-17-14-15-21(16-18(17)2)35(33,34)29-26-24(25(31)22-12-8-9-13-23(22)30(26)4)27(32)28-19(3)20-10-6-5-7-11-20/h5-16,19,29H,1-4H3,(H,28,32)/t19-/m0/s1. The lowest BCUT2D eigenvalue weighted by atomic mass is 10.1. The van der Waals surface area contributed by atoms with Crippen LogP contribution in [0.1, 0.15) is 40.0 Å². The Labute approximate surface area is 204 Å². The zero-order valence-electron chi connectivity index (χ0n) is 20.0. The molecule has 1 amide bonds. The third-order valence-corrected chi connectivity index (χ3v) is 7.54. The maximum absolute atomic E-state index is 13.5. The number of fused-ring (bicyclic) bond motifs is 1. The van der Waals surface area contributed by atoms with Gasteiger partial charge in [0, 0.05) is 12.4 Å². The Kier molecular flexibility index (Phi) is 6.49. The molecule has 4 rings (SSSR count). The van der Waals surface area contributed by atoms with Crippen molar-refractivity contribution in [1.29, 1.82) is 0 Å². The van der Waals surface area contributed by atoms with Gasteiger partial charge in [0.1, 0.15) is 11.4 Å². The van der Waals surface area contributed by atoms with Crippen LogP contribution in [-0.2, 0) is 17.1 Å². The van der Waals surface area contributed by atoms with Crippen LogP contribution < -0.4 is 15.5 Å². The Morgan fingerprint density at radius 3 is 2.26 bits per heavy atom. The van der Waals surface area contributed by atoms with Crippen LogP contribution in [0.5, 0.6) is 0 Å². The van der Waals surface area contributed by atoms with Crippen molar-refractivity contribution in [3.63, 3.8) is 0 Å². The van der Waals surface area contributed by atoms with Crippen molar-refractivity contribution in [1.82, 2.24) is 9.88 Å². The molecule has 4 aromatic rings. The highest BCUT2D eigenvalue weighted by Gasteiger charge is 2.26. The van der Waals surface area contributed by atoms with Crippen molar-refractivity contribution in [2.75, 3.05) is 4.72 Å². The van der Waals surface area contributed by atoms with Crippen molar-refractivity contribution < 1.29 is 13.2 Å². The summed E-state index contributed by atoms with van der Waals surface area (Å²) in [5.74, 6) is -0.754. The lowest BCUT2D eigenvalue weighted by Gasteiger charge is -2.20. The van der Waals surface area contributed by atoms with Gasteiger partial charge in [-0.1, -0.05) is 48.5 Å². The number of amides is 1. The highest BCUT2D eigenvalue weighted by atomic mass is 32.2. The fraction of sp³-hybridized carbons (Fsp3) is 0.185. The van der Waals surface area contributed by atoms with Gasteiger partial charge in [-0.05, 0) is 61.7 Å². The number of carbonyl (C=O) groups excluding carboxylic acids is 1. The molecule has 0 fully saturated rings. The number of carbonyl (C=O) groups is 1. The van der Waals surface area contributed by atoms with Crippen LogP contribution in [0, 0.1) is 13.8 Å². The lowest BCUT2D eigenvalue weighted by molar-refractivity contribution is 0.0939. The Morgan fingerprint density at radius 1 is 0.914 bits per heavy atom. The molecule has 0 aliphatic carbocycles. The topological polar surface area (TPSA) is 97.3 Å². The summed E-state index contributed by atoms with van der Waals surface area (Å²) in [6.45, 7) is 5.52.